The van der Waals surface area contributed by atoms with Crippen molar-refractivity contribution in [1.29, 1.82) is 0 Å². The van der Waals surface area contributed by atoms with Gasteiger partial charge in [-0.1, -0.05) is 19.1 Å². The maximum absolute atomic E-state index is 12.5. The molecule has 1 fully saturated rings. The van der Waals surface area contributed by atoms with Crippen LogP contribution in [0, 0.1) is 6.92 Å². The number of rotatable bonds is 6. The van der Waals surface area contributed by atoms with Crippen LogP contribution in [0.5, 0.6) is 0 Å². The van der Waals surface area contributed by atoms with E-state index in [1.54, 1.807) is 12.1 Å². The second kappa shape index (κ2) is 6.87. The number of nitrogens with one attached hydrogen (secondary N) is 1. The number of benzene rings is 1. The van der Waals surface area contributed by atoms with E-state index in [0.717, 1.165) is 37.1 Å². The largest absolute Gasteiger partial charge is 0.326 e. The topological polar surface area (TPSA) is 75.4 Å². The van der Waals surface area contributed by atoms with Crippen molar-refractivity contribution in [2.45, 2.75) is 44.2 Å². The van der Waals surface area contributed by atoms with Gasteiger partial charge in [-0.15, -0.1) is 0 Å². The maximum atomic E-state index is 12.5. The van der Waals surface area contributed by atoms with Crippen LogP contribution in [0.1, 0.15) is 30.9 Å². The molecule has 118 valence electrons. The van der Waals surface area contributed by atoms with Crippen LogP contribution in [0.15, 0.2) is 23.1 Å². The Morgan fingerprint density at radius 1 is 1.43 bits per heavy atom. The van der Waals surface area contributed by atoms with Crippen molar-refractivity contribution >= 4 is 10.0 Å². The summed E-state index contributed by atoms with van der Waals surface area (Å²) in [6.07, 6.45) is 2.19. The summed E-state index contributed by atoms with van der Waals surface area (Å²) < 4.78 is 27.8. The van der Waals surface area contributed by atoms with Crippen molar-refractivity contribution in [1.82, 2.24) is 9.62 Å². The third-order valence-electron chi connectivity index (χ3n) is 4.32. The van der Waals surface area contributed by atoms with Crippen molar-refractivity contribution in [3.05, 3.63) is 29.3 Å². The van der Waals surface area contributed by atoms with Gasteiger partial charge in [-0.2, -0.15) is 0 Å². The van der Waals surface area contributed by atoms with Crippen molar-refractivity contribution < 1.29 is 8.42 Å². The van der Waals surface area contributed by atoms with Gasteiger partial charge in [-0.05, 0) is 50.0 Å². The molecule has 1 aromatic rings. The molecule has 1 heterocycles. The number of nitrogens with zero attached hydrogens (tertiary/aromatic N) is 1. The van der Waals surface area contributed by atoms with Crippen molar-refractivity contribution in [3.8, 4) is 0 Å². The van der Waals surface area contributed by atoms with E-state index in [1.807, 2.05) is 13.0 Å². The molecular formula is C15H25N3O2S. The van der Waals surface area contributed by atoms with E-state index < -0.39 is 10.0 Å². The zero-order chi connectivity index (χ0) is 15.5. The summed E-state index contributed by atoms with van der Waals surface area (Å²) in [5.41, 5.74) is 7.26. The molecule has 1 saturated heterocycles. The molecule has 3 N–H and O–H groups in total. The van der Waals surface area contributed by atoms with Gasteiger partial charge in [-0.3, -0.25) is 4.90 Å². The molecule has 0 saturated carbocycles. The first-order chi connectivity index (χ1) is 9.99. The van der Waals surface area contributed by atoms with Gasteiger partial charge >= 0.3 is 0 Å². The summed E-state index contributed by atoms with van der Waals surface area (Å²) in [7, 11) is -3.47. The third-order valence-corrected chi connectivity index (χ3v) is 5.89. The monoisotopic (exact) mass is 311 g/mol. The summed E-state index contributed by atoms with van der Waals surface area (Å²) in [6.45, 7) is 6.77. The first-order valence-corrected chi connectivity index (χ1v) is 9.00. The van der Waals surface area contributed by atoms with E-state index in [4.69, 9.17) is 5.73 Å². The van der Waals surface area contributed by atoms with Crippen molar-refractivity contribution in [2.75, 3.05) is 19.6 Å². The molecule has 1 aliphatic heterocycles. The number of nitrogens with two attached hydrogens (primary N) is 1. The summed E-state index contributed by atoms with van der Waals surface area (Å²) in [4.78, 5) is 2.66. The molecule has 1 atom stereocenters. The Morgan fingerprint density at radius 3 is 2.86 bits per heavy atom. The first kappa shape index (κ1) is 16.4. The third kappa shape index (κ3) is 3.63. The SMILES string of the molecule is CCN1CCCC1CNS(=O)(=O)c1cccc(CN)c1C. The van der Waals surface area contributed by atoms with E-state index in [9.17, 15) is 8.42 Å². The van der Waals surface area contributed by atoms with Crippen LogP contribution in [-0.4, -0.2) is 39.0 Å². The number of hydrogen-bond donors (Lipinski definition) is 2. The molecule has 6 heteroatoms. The van der Waals surface area contributed by atoms with Gasteiger partial charge in [0.1, 0.15) is 0 Å². The van der Waals surface area contributed by atoms with Crippen LogP contribution in [-0.2, 0) is 16.6 Å². The Balaban J connectivity index is 2.12. The lowest BCUT2D eigenvalue weighted by atomic mass is 10.1. The van der Waals surface area contributed by atoms with Gasteiger partial charge in [-0.25, -0.2) is 13.1 Å². The number of likely N-dealkylation sites (tertiary alicyclic amines) is 1. The Hall–Kier alpha value is -0.950. The van der Waals surface area contributed by atoms with Crippen LogP contribution >= 0.6 is 0 Å². The number of sulfonamides is 1. The van der Waals surface area contributed by atoms with Gasteiger partial charge in [0, 0.05) is 19.1 Å². The van der Waals surface area contributed by atoms with Crippen molar-refractivity contribution in [3.63, 3.8) is 0 Å². The maximum Gasteiger partial charge on any atom is 0.240 e. The van der Waals surface area contributed by atoms with Crippen LogP contribution in [0.25, 0.3) is 0 Å². The summed E-state index contributed by atoms with van der Waals surface area (Å²) in [5, 5.41) is 0. The van der Waals surface area contributed by atoms with Crippen LogP contribution in [0.4, 0.5) is 0 Å². The molecule has 1 aliphatic rings. The molecule has 1 unspecified atom stereocenters. The lowest BCUT2D eigenvalue weighted by Gasteiger charge is -2.23. The first-order valence-electron chi connectivity index (χ1n) is 7.52. The van der Waals surface area contributed by atoms with E-state index in [2.05, 4.69) is 16.5 Å². The van der Waals surface area contributed by atoms with Gasteiger partial charge < -0.3 is 5.73 Å². The highest BCUT2D eigenvalue weighted by Gasteiger charge is 2.25. The standard InChI is InChI=1S/C15H25N3O2S/c1-3-18-9-5-7-14(18)11-17-21(19,20)15-8-4-6-13(10-16)12(15)2/h4,6,8,14,17H,3,5,7,9-11,16H2,1-2H3. The summed E-state index contributed by atoms with van der Waals surface area (Å²) in [5.74, 6) is 0. The van der Waals surface area contributed by atoms with E-state index in [0.29, 0.717) is 24.0 Å². The highest BCUT2D eigenvalue weighted by atomic mass is 32.2. The fourth-order valence-electron chi connectivity index (χ4n) is 3.00. The Labute approximate surface area is 127 Å². The highest BCUT2D eigenvalue weighted by Crippen LogP contribution is 2.20. The van der Waals surface area contributed by atoms with Gasteiger partial charge in [0.2, 0.25) is 10.0 Å². The molecule has 0 amide bonds. The van der Waals surface area contributed by atoms with Crippen molar-refractivity contribution in [2.24, 2.45) is 5.73 Å². The molecule has 0 radical (unpaired) electrons. The summed E-state index contributed by atoms with van der Waals surface area (Å²) in [6, 6.07) is 5.56. The second-order valence-electron chi connectivity index (χ2n) is 5.52. The zero-order valence-corrected chi connectivity index (χ0v) is 13.6. The molecule has 21 heavy (non-hydrogen) atoms. The minimum Gasteiger partial charge on any atom is -0.326 e. The second-order valence-corrected chi connectivity index (χ2v) is 7.26. The predicted molar refractivity (Wildman–Crippen MR) is 84.5 cm³/mol. The molecule has 1 aromatic carbocycles. The highest BCUT2D eigenvalue weighted by molar-refractivity contribution is 7.89. The molecule has 5 nitrogen and oxygen atoms in total. The van der Waals surface area contributed by atoms with Gasteiger partial charge in [0.05, 0.1) is 4.90 Å². The van der Waals surface area contributed by atoms with Gasteiger partial charge in [0.15, 0.2) is 0 Å². The molecule has 2 rings (SSSR count). The predicted octanol–water partition coefficient (Wildman–Crippen LogP) is 1.22. The average molecular weight is 311 g/mol. The fraction of sp³-hybridized carbons (Fsp3) is 0.600. The van der Waals surface area contributed by atoms with E-state index in [-0.39, 0.29) is 0 Å². The molecular weight excluding hydrogens is 286 g/mol. The normalized spacial score (nSPS) is 20.0. The Bertz CT molecular complexity index is 587. The van der Waals surface area contributed by atoms with E-state index in [1.165, 1.54) is 0 Å². The fourth-order valence-corrected chi connectivity index (χ4v) is 4.36. The molecule has 0 aromatic heterocycles. The van der Waals surface area contributed by atoms with E-state index >= 15 is 0 Å². The van der Waals surface area contributed by atoms with Crippen LogP contribution in [0.2, 0.25) is 0 Å². The Kier molecular flexibility index (Phi) is 5.37. The minimum atomic E-state index is -3.47. The lowest BCUT2D eigenvalue weighted by Crippen LogP contribution is -2.40. The minimum absolute atomic E-state index is 0.308. The number of likely N-dealkylation sites (N-methyl/N-ethyl adjacent to an activating group) is 1. The molecule has 0 bridgehead atoms. The summed E-state index contributed by atoms with van der Waals surface area (Å²) >= 11 is 0. The molecule has 0 aliphatic carbocycles. The quantitative estimate of drug-likeness (QED) is 0.828. The Morgan fingerprint density at radius 2 is 2.19 bits per heavy atom. The van der Waals surface area contributed by atoms with Crippen LogP contribution < -0.4 is 10.5 Å². The lowest BCUT2D eigenvalue weighted by molar-refractivity contribution is 0.268. The van der Waals surface area contributed by atoms with Gasteiger partial charge in [0.25, 0.3) is 0 Å². The molecule has 0 spiro atoms. The zero-order valence-electron chi connectivity index (χ0n) is 12.8. The smallest absolute Gasteiger partial charge is 0.240 e. The van der Waals surface area contributed by atoms with Crippen LogP contribution in [0.3, 0.4) is 0 Å². The number of hydrogen-bond acceptors (Lipinski definition) is 4. The average Bonchev–Trinajstić information content (AvgIpc) is 2.93.